The SMILES string of the molecule is COc1cc(C(=O)N(C)c2ccc(C)cc2OCCCCCC(=O)N2CCN(C)CC2)ccc1NC(=O)c1cccc2[nH]c(NC(C)=O)nc12.Cl.Cl. The fourth-order valence-electron chi connectivity index (χ4n) is 5.83. The lowest BCUT2D eigenvalue weighted by atomic mass is 10.1. The van der Waals surface area contributed by atoms with E-state index in [1.165, 1.54) is 18.9 Å². The van der Waals surface area contributed by atoms with Crippen LogP contribution in [0.5, 0.6) is 11.5 Å². The number of aryl methyl sites for hydroxylation is 1. The van der Waals surface area contributed by atoms with Crippen LogP contribution in [0.1, 0.15) is 58.9 Å². The number of nitrogens with zero attached hydrogens (tertiary/aromatic N) is 4. The Morgan fingerprint density at radius 1 is 0.923 bits per heavy atom. The second-order valence-electron chi connectivity index (χ2n) is 12.5. The van der Waals surface area contributed by atoms with Gasteiger partial charge >= 0.3 is 0 Å². The molecule has 0 atom stereocenters. The Labute approximate surface area is 316 Å². The number of unbranched alkanes of at least 4 members (excludes halogenated alkanes) is 2. The van der Waals surface area contributed by atoms with Crippen molar-refractivity contribution in [2.75, 3.05) is 69.5 Å². The molecule has 3 N–H and O–H groups in total. The number of likely N-dealkylation sites (N-methyl/N-ethyl adjacent to an activating group) is 1. The normalized spacial score (nSPS) is 12.7. The molecule has 5 rings (SSSR count). The highest BCUT2D eigenvalue weighted by molar-refractivity contribution is 6.13. The average molecular weight is 757 g/mol. The minimum Gasteiger partial charge on any atom is -0.495 e. The largest absolute Gasteiger partial charge is 0.495 e. The number of aromatic nitrogens is 2. The van der Waals surface area contributed by atoms with Crippen LogP contribution in [0.4, 0.5) is 17.3 Å². The number of benzene rings is 3. The number of fused-ring (bicyclic) bond motifs is 1. The maximum Gasteiger partial charge on any atom is 0.258 e. The van der Waals surface area contributed by atoms with Gasteiger partial charge in [-0.05, 0) is 81.3 Å². The number of methoxy groups -OCH3 is 1. The molecule has 1 aliphatic heterocycles. The zero-order valence-electron chi connectivity index (χ0n) is 30.1. The number of ether oxygens (including phenoxy) is 2. The van der Waals surface area contributed by atoms with Gasteiger partial charge in [0.2, 0.25) is 17.8 Å². The molecule has 4 amide bonds. The minimum absolute atomic E-state index is 0. The number of rotatable bonds is 13. The van der Waals surface area contributed by atoms with Crippen molar-refractivity contribution >= 4 is 76.8 Å². The molecule has 4 aromatic rings. The number of amides is 4. The van der Waals surface area contributed by atoms with Gasteiger partial charge in [-0.2, -0.15) is 0 Å². The van der Waals surface area contributed by atoms with Crippen molar-refractivity contribution in [3.05, 3.63) is 71.3 Å². The van der Waals surface area contributed by atoms with Gasteiger partial charge in [0, 0.05) is 52.1 Å². The first-order valence-electron chi connectivity index (χ1n) is 16.8. The van der Waals surface area contributed by atoms with Crippen LogP contribution in [0.2, 0.25) is 0 Å². The van der Waals surface area contributed by atoms with E-state index in [4.69, 9.17) is 9.47 Å². The number of aromatic amines is 1. The third kappa shape index (κ3) is 10.4. The first kappa shape index (κ1) is 41.6. The first-order chi connectivity index (χ1) is 24.0. The molecule has 1 saturated heterocycles. The van der Waals surface area contributed by atoms with E-state index >= 15 is 0 Å². The number of halogens is 2. The number of carbonyl (C=O) groups excluding carboxylic acids is 4. The van der Waals surface area contributed by atoms with Gasteiger partial charge in [0.15, 0.2) is 0 Å². The van der Waals surface area contributed by atoms with Crippen LogP contribution >= 0.6 is 24.8 Å². The number of hydrogen-bond donors (Lipinski definition) is 3. The fraction of sp³-hybridized carbons (Fsp3) is 0.378. The zero-order chi connectivity index (χ0) is 35.8. The van der Waals surface area contributed by atoms with Gasteiger partial charge in [0.1, 0.15) is 17.0 Å². The molecule has 2 heterocycles. The molecule has 0 unspecified atom stereocenters. The molecule has 0 spiro atoms. The van der Waals surface area contributed by atoms with Crippen LogP contribution in [0.15, 0.2) is 54.6 Å². The standard InChI is InChI=1S/C37H45N7O6.2ClH/c1-24-13-16-30(32(22-24)50-21-8-6-7-12-33(46)44-19-17-42(3)18-20-44)43(4)36(48)26-14-15-28(31(23-26)49-5)39-35(47)27-10-9-11-29-34(27)41-37(40-29)38-25(2)45;;/h9-11,13-16,22-23H,6-8,12,17-21H2,1-5H3,(H,39,47)(H2,38,40,41,45);2*1H. The summed E-state index contributed by atoms with van der Waals surface area (Å²) in [5.74, 6) is 0.347. The Morgan fingerprint density at radius 3 is 2.38 bits per heavy atom. The van der Waals surface area contributed by atoms with E-state index in [-0.39, 0.29) is 48.5 Å². The van der Waals surface area contributed by atoms with Gasteiger partial charge in [-0.25, -0.2) is 4.98 Å². The molecule has 13 nitrogen and oxygen atoms in total. The molecule has 0 saturated carbocycles. The van der Waals surface area contributed by atoms with Gasteiger partial charge < -0.3 is 34.5 Å². The summed E-state index contributed by atoms with van der Waals surface area (Å²) in [4.78, 5) is 64.1. The Bertz CT molecular complexity index is 1880. The number of H-pyrrole nitrogens is 1. The number of nitrogens with one attached hydrogen (secondary N) is 3. The Hall–Kier alpha value is -4.85. The number of piperazine rings is 1. The summed E-state index contributed by atoms with van der Waals surface area (Å²) < 4.78 is 11.7. The predicted octanol–water partition coefficient (Wildman–Crippen LogP) is 5.92. The van der Waals surface area contributed by atoms with Gasteiger partial charge in [0.25, 0.3) is 11.8 Å². The van der Waals surface area contributed by atoms with Gasteiger partial charge in [-0.3, -0.25) is 24.5 Å². The van der Waals surface area contributed by atoms with Crippen molar-refractivity contribution in [2.45, 2.75) is 39.5 Å². The van der Waals surface area contributed by atoms with Crippen molar-refractivity contribution in [2.24, 2.45) is 0 Å². The molecular weight excluding hydrogens is 709 g/mol. The van der Waals surface area contributed by atoms with Crippen LogP contribution in [-0.4, -0.2) is 97.4 Å². The van der Waals surface area contributed by atoms with Gasteiger partial charge in [-0.1, -0.05) is 12.1 Å². The summed E-state index contributed by atoms with van der Waals surface area (Å²) >= 11 is 0. The molecule has 15 heteroatoms. The highest BCUT2D eigenvalue weighted by Crippen LogP contribution is 2.32. The van der Waals surface area contributed by atoms with Crippen LogP contribution in [0.3, 0.4) is 0 Å². The molecule has 52 heavy (non-hydrogen) atoms. The topological polar surface area (TPSA) is 149 Å². The zero-order valence-corrected chi connectivity index (χ0v) is 31.7. The number of anilines is 3. The van der Waals surface area contributed by atoms with E-state index < -0.39 is 5.91 Å². The van der Waals surface area contributed by atoms with Crippen molar-refractivity contribution in [3.63, 3.8) is 0 Å². The summed E-state index contributed by atoms with van der Waals surface area (Å²) in [6, 6.07) is 15.6. The van der Waals surface area contributed by atoms with Gasteiger partial charge in [0.05, 0.1) is 36.2 Å². The molecule has 3 aromatic carbocycles. The Morgan fingerprint density at radius 2 is 1.67 bits per heavy atom. The van der Waals surface area contributed by atoms with Crippen LogP contribution in [0.25, 0.3) is 11.0 Å². The quantitative estimate of drug-likeness (QED) is 0.142. The predicted molar refractivity (Wildman–Crippen MR) is 208 cm³/mol. The van der Waals surface area contributed by atoms with E-state index in [1.807, 2.05) is 30.0 Å². The third-order valence-electron chi connectivity index (χ3n) is 8.68. The number of para-hydroxylation sites is 1. The van der Waals surface area contributed by atoms with E-state index in [0.717, 1.165) is 51.0 Å². The Kier molecular flexibility index (Phi) is 15.3. The molecule has 1 aliphatic rings. The summed E-state index contributed by atoms with van der Waals surface area (Å²) in [5, 5.41) is 5.44. The summed E-state index contributed by atoms with van der Waals surface area (Å²) in [6.45, 7) is 7.23. The van der Waals surface area contributed by atoms with E-state index in [2.05, 4.69) is 32.5 Å². The number of hydrogen-bond acceptors (Lipinski definition) is 8. The van der Waals surface area contributed by atoms with Crippen molar-refractivity contribution in [3.8, 4) is 11.5 Å². The molecule has 0 radical (unpaired) electrons. The highest BCUT2D eigenvalue weighted by atomic mass is 35.5. The first-order valence-corrected chi connectivity index (χ1v) is 16.8. The lowest BCUT2D eigenvalue weighted by molar-refractivity contribution is -0.132. The fourth-order valence-corrected chi connectivity index (χ4v) is 5.83. The maximum absolute atomic E-state index is 13.7. The molecule has 0 aliphatic carbocycles. The summed E-state index contributed by atoms with van der Waals surface area (Å²) in [5.41, 5.74) is 3.63. The van der Waals surface area contributed by atoms with E-state index in [9.17, 15) is 19.2 Å². The summed E-state index contributed by atoms with van der Waals surface area (Å²) in [6.07, 6.45) is 3.01. The molecular formula is C37H47Cl2N7O6. The second kappa shape index (κ2) is 19.1. The third-order valence-corrected chi connectivity index (χ3v) is 8.68. The van der Waals surface area contributed by atoms with E-state index in [1.54, 1.807) is 43.4 Å². The van der Waals surface area contributed by atoms with Crippen LogP contribution in [0, 0.1) is 6.92 Å². The minimum atomic E-state index is -0.436. The van der Waals surface area contributed by atoms with Crippen LogP contribution < -0.4 is 25.0 Å². The maximum atomic E-state index is 13.7. The number of carbonyl (C=O) groups is 4. The van der Waals surface area contributed by atoms with E-state index in [0.29, 0.717) is 58.1 Å². The monoisotopic (exact) mass is 755 g/mol. The molecule has 1 fully saturated rings. The van der Waals surface area contributed by atoms with Crippen molar-refractivity contribution in [1.29, 1.82) is 0 Å². The molecule has 280 valence electrons. The van der Waals surface area contributed by atoms with Gasteiger partial charge in [-0.15, -0.1) is 24.8 Å². The average Bonchev–Trinajstić information content (AvgIpc) is 3.51. The molecule has 1 aromatic heterocycles. The summed E-state index contributed by atoms with van der Waals surface area (Å²) in [7, 11) is 5.23. The van der Waals surface area contributed by atoms with Crippen molar-refractivity contribution in [1.82, 2.24) is 19.8 Å². The second-order valence-corrected chi connectivity index (χ2v) is 12.5. The Balaban J connectivity index is 0.00000364. The lowest BCUT2D eigenvalue weighted by Crippen LogP contribution is -2.47. The molecule has 0 bridgehead atoms. The lowest BCUT2D eigenvalue weighted by Gasteiger charge is -2.32. The van der Waals surface area contributed by atoms with Crippen molar-refractivity contribution < 1.29 is 28.7 Å². The smallest absolute Gasteiger partial charge is 0.258 e. The highest BCUT2D eigenvalue weighted by Gasteiger charge is 2.22. The van der Waals surface area contributed by atoms with Crippen LogP contribution in [-0.2, 0) is 9.59 Å². The number of imidazole rings is 1.